The molecule has 164 valence electrons. The van der Waals surface area contributed by atoms with Gasteiger partial charge in [0.25, 0.3) is 11.6 Å². The number of hydrogen-bond acceptors (Lipinski definition) is 9. The number of nitro groups is 2. The molecule has 0 spiro atoms. The number of rotatable bonds is 8. The Kier molecular flexibility index (Phi) is 6.48. The molecule has 0 aliphatic rings. The second kappa shape index (κ2) is 9.42. The normalized spacial score (nSPS) is 11.1. The van der Waals surface area contributed by atoms with Crippen LogP contribution < -0.4 is 10.2 Å². The van der Waals surface area contributed by atoms with Crippen molar-refractivity contribution in [3.05, 3.63) is 80.1 Å². The third-order valence-corrected chi connectivity index (χ3v) is 4.29. The van der Waals surface area contributed by atoms with Crippen LogP contribution in [-0.4, -0.2) is 43.1 Å². The van der Waals surface area contributed by atoms with Gasteiger partial charge in [-0.1, -0.05) is 23.4 Å². The molecule has 0 atom stereocenters. The molecule has 0 radical (unpaired) electrons. The number of amides is 1. The van der Waals surface area contributed by atoms with Gasteiger partial charge in [-0.2, -0.15) is 5.10 Å². The molecule has 1 N–H and O–H groups in total. The maximum absolute atomic E-state index is 12.0. The van der Waals surface area contributed by atoms with Gasteiger partial charge in [0.1, 0.15) is 5.69 Å². The van der Waals surface area contributed by atoms with Crippen molar-refractivity contribution in [2.75, 3.05) is 6.61 Å². The van der Waals surface area contributed by atoms with Crippen LogP contribution in [0.3, 0.4) is 0 Å². The second-order valence-corrected chi connectivity index (χ2v) is 6.46. The molecule has 0 aliphatic carbocycles. The summed E-state index contributed by atoms with van der Waals surface area (Å²) in [5.41, 5.74) is 3.65. The molecular weight excluding hydrogens is 422 g/mol. The zero-order chi connectivity index (χ0) is 23.3. The summed E-state index contributed by atoms with van der Waals surface area (Å²) in [7, 11) is 0. The highest BCUT2D eigenvalue weighted by atomic mass is 16.6. The fourth-order valence-corrected chi connectivity index (χ4v) is 2.75. The van der Waals surface area contributed by atoms with Crippen molar-refractivity contribution in [3.63, 3.8) is 0 Å². The summed E-state index contributed by atoms with van der Waals surface area (Å²) < 4.78 is 6.62. The molecule has 1 heterocycles. The number of non-ortho nitro benzene ring substituents is 1. The number of ether oxygens (including phenoxy) is 1. The van der Waals surface area contributed by atoms with Gasteiger partial charge in [0.2, 0.25) is 0 Å². The number of carbonyl (C=O) groups is 1. The molecule has 0 aliphatic heterocycles. The van der Waals surface area contributed by atoms with Crippen LogP contribution in [0, 0.1) is 27.2 Å². The smallest absolute Gasteiger partial charge is 0.310 e. The highest BCUT2D eigenvalue weighted by molar-refractivity contribution is 5.98. The predicted molar refractivity (Wildman–Crippen MR) is 112 cm³/mol. The zero-order valence-electron chi connectivity index (χ0n) is 17.0. The van der Waals surface area contributed by atoms with Crippen molar-refractivity contribution in [3.8, 4) is 11.4 Å². The molecule has 0 bridgehead atoms. The number of para-hydroxylation sites is 2. The van der Waals surface area contributed by atoms with Crippen LogP contribution >= 0.6 is 0 Å². The quantitative estimate of drug-likeness (QED) is 0.317. The third kappa shape index (κ3) is 4.89. The summed E-state index contributed by atoms with van der Waals surface area (Å²) in [4.78, 5) is 32.9. The van der Waals surface area contributed by atoms with Crippen LogP contribution in [0.4, 0.5) is 11.4 Å². The number of hydrazone groups is 1. The zero-order valence-corrected chi connectivity index (χ0v) is 17.0. The largest absolute Gasteiger partial charge is 0.477 e. The Hall–Kier alpha value is -4.68. The molecule has 2 aromatic carbocycles. The fraction of sp³-hybridized carbons (Fsp3) is 0.158. The molecule has 0 saturated heterocycles. The average Bonchev–Trinajstić information content (AvgIpc) is 3.17. The molecule has 3 rings (SSSR count). The molecule has 1 amide bonds. The van der Waals surface area contributed by atoms with Gasteiger partial charge in [0.05, 0.1) is 26.9 Å². The van der Waals surface area contributed by atoms with Crippen LogP contribution in [-0.2, 0) is 4.79 Å². The van der Waals surface area contributed by atoms with Crippen molar-refractivity contribution in [2.45, 2.75) is 13.8 Å². The first-order chi connectivity index (χ1) is 15.3. The summed E-state index contributed by atoms with van der Waals surface area (Å²) in [6.07, 6.45) is 0. The predicted octanol–water partition coefficient (Wildman–Crippen LogP) is 2.31. The summed E-state index contributed by atoms with van der Waals surface area (Å²) in [5, 5.41) is 33.9. The Balaban J connectivity index is 1.68. The minimum atomic E-state index is -0.633. The number of nitro benzene ring substituents is 2. The lowest BCUT2D eigenvalue weighted by Gasteiger charge is -2.06. The summed E-state index contributed by atoms with van der Waals surface area (Å²) in [5.74, 6) is -0.671. The van der Waals surface area contributed by atoms with Gasteiger partial charge < -0.3 is 4.74 Å². The number of nitrogens with zero attached hydrogens (tertiary/aromatic N) is 6. The molecule has 13 heteroatoms. The van der Waals surface area contributed by atoms with Crippen molar-refractivity contribution < 1.29 is 19.4 Å². The van der Waals surface area contributed by atoms with Crippen LogP contribution in [0.1, 0.15) is 18.3 Å². The van der Waals surface area contributed by atoms with Gasteiger partial charge in [0.15, 0.2) is 12.4 Å². The van der Waals surface area contributed by atoms with Crippen molar-refractivity contribution in [1.82, 2.24) is 20.4 Å². The Morgan fingerprint density at radius 1 is 1.16 bits per heavy atom. The second-order valence-electron chi connectivity index (χ2n) is 6.46. The van der Waals surface area contributed by atoms with Crippen molar-refractivity contribution in [1.29, 1.82) is 0 Å². The maximum Gasteiger partial charge on any atom is 0.310 e. The van der Waals surface area contributed by atoms with Crippen molar-refractivity contribution in [2.24, 2.45) is 5.10 Å². The lowest BCUT2D eigenvalue weighted by Crippen LogP contribution is -2.26. The Morgan fingerprint density at radius 3 is 2.62 bits per heavy atom. The minimum Gasteiger partial charge on any atom is -0.477 e. The van der Waals surface area contributed by atoms with Crippen LogP contribution in [0.5, 0.6) is 5.75 Å². The standard InChI is InChI=1S/C19H17N7O6/c1-12(20-21-18(27)11-32-17-9-4-3-8-16(17)26(30)31)19-13(2)24(23-22-19)14-6-5-7-15(10-14)25(28)29/h3-10H,11H2,1-2H3,(H,21,27)/b20-12+. The monoisotopic (exact) mass is 439 g/mol. The first-order valence-corrected chi connectivity index (χ1v) is 9.14. The summed E-state index contributed by atoms with van der Waals surface area (Å²) in [6.45, 7) is 2.81. The van der Waals surface area contributed by atoms with Gasteiger partial charge in [0, 0.05) is 18.2 Å². The number of benzene rings is 2. The Labute approximate surface area is 180 Å². The molecular formula is C19H17N7O6. The van der Waals surface area contributed by atoms with Gasteiger partial charge in [-0.15, -0.1) is 5.10 Å². The van der Waals surface area contributed by atoms with E-state index in [9.17, 15) is 25.0 Å². The van der Waals surface area contributed by atoms with E-state index in [0.29, 0.717) is 22.8 Å². The van der Waals surface area contributed by atoms with Gasteiger partial charge in [-0.25, -0.2) is 10.1 Å². The van der Waals surface area contributed by atoms with Gasteiger partial charge in [-0.3, -0.25) is 25.0 Å². The number of nitrogens with one attached hydrogen (secondary N) is 1. The lowest BCUT2D eigenvalue weighted by atomic mass is 10.2. The highest BCUT2D eigenvalue weighted by Crippen LogP contribution is 2.25. The highest BCUT2D eigenvalue weighted by Gasteiger charge is 2.17. The van der Waals surface area contributed by atoms with E-state index in [1.54, 1.807) is 26.0 Å². The number of carbonyl (C=O) groups excluding carboxylic acids is 1. The first-order valence-electron chi connectivity index (χ1n) is 9.14. The van der Waals surface area contributed by atoms with E-state index in [1.165, 1.54) is 41.1 Å². The Morgan fingerprint density at radius 2 is 1.91 bits per heavy atom. The van der Waals surface area contributed by atoms with E-state index >= 15 is 0 Å². The molecule has 0 saturated carbocycles. The lowest BCUT2D eigenvalue weighted by molar-refractivity contribution is -0.385. The molecule has 32 heavy (non-hydrogen) atoms. The van der Waals surface area contributed by atoms with Gasteiger partial charge in [-0.05, 0) is 26.0 Å². The molecule has 3 aromatic rings. The summed E-state index contributed by atoms with van der Waals surface area (Å²) >= 11 is 0. The molecule has 0 fully saturated rings. The third-order valence-electron chi connectivity index (χ3n) is 4.29. The van der Waals surface area contributed by atoms with E-state index in [1.807, 2.05) is 0 Å². The van der Waals surface area contributed by atoms with E-state index in [4.69, 9.17) is 4.74 Å². The van der Waals surface area contributed by atoms with Crippen LogP contribution in [0.25, 0.3) is 5.69 Å². The van der Waals surface area contributed by atoms with Crippen LogP contribution in [0.2, 0.25) is 0 Å². The molecule has 1 aromatic heterocycles. The van der Waals surface area contributed by atoms with E-state index in [2.05, 4.69) is 20.8 Å². The minimum absolute atomic E-state index is 0.0379. The summed E-state index contributed by atoms with van der Waals surface area (Å²) in [6, 6.07) is 11.6. The molecule has 0 unspecified atom stereocenters. The SMILES string of the molecule is C/C(=N\NC(=O)COc1ccccc1[N+](=O)[O-])c1nnn(-c2cccc([N+](=O)[O-])c2)c1C. The molecule has 13 nitrogen and oxygen atoms in total. The van der Waals surface area contributed by atoms with E-state index in [-0.39, 0.29) is 17.1 Å². The fourth-order valence-electron chi connectivity index (χ4n) is 2.75. The van der Waals surface area contributed by atoms with Gasteiger partial charge >= 0.3 is 5.69 Å². The Bertz CT molecular complexity index is 1220. The number of hydrogen-bond donors (Lipinski definition) is 1. The number of aromatic nitrogens is 3. The topological polar surface area (TPSA) is 168 Å². The first kappa shape index (κ1) is 22.0. The van der Waals surface area contributed by atoms with Crippen molar-refractivity contribution >= 4 is 23.0 Å². The van der Waals surface area contributed by atoms with E-state index < -0.39 is 22.4 Å². The average molecular weight is 439 g/mol. The van der Waals surface area contributed by atoms with E-state index in [0.717, 1.165) is 0 Å². The van der Waals surface area contributed by atoms with Crippen LogP contribution in [0.15, 0.2) is 53.6 Å². The maximum atomic E-state index is 12.0.